The fourth-order valence-corrected chi connectivity index (χ4v) is 3.07. The number of hydrogen-bond donors (Lipinski definition) is 1. The molecule has 0 aliphatic rings. The molecule has 0 aliphatic carbocycles. The molecule has 0 aliphatic heterocycles. The second-order valence-electron chi connectivity index (χ2n) is 6.23. The van der Waals surface area contributed by atoms with Crippen molar-refractivity contribution in [1.82, 2.24) is 5.32 Å². The van der Waals surface area contributed by atoms with E-state index in [0.29, 0.717) is 6.04 Å². The first-order valence-electron chi connectivity index (χ1n) is 9.08. The Hall–Kier alpha value is -0.820. The van der Waals surface area contributed by atoms with E-state index in [-0.39, 0.29) is 0 Å². The molecule has 1 atom stereocenters. The molecule has 1 rings (SSSR count). The number of benzene rings is 1. The third-order valence-electron chi connectivity index (χ3n) is 4.36. The fourth-order valence-electron chi connectivity index (χ4n) is 3.07. The molecule has 0 saturated heterocycles. The molecule has 21 heavy (non-hydrogen) atoms. The zero-order valence-electron chi connectivity index (χ0n) is 14.5. The van der Waals surface area contributed by atoms with Gasteiger partial charge < -0.3 is 5.32 Å². The molecule has 1 aromatic carbocycles. The Morgan fingerprint density at radius 1 is 0.857 bits per heavy atom. The van der Waals surface area contributed by atoms with Gasteiger partial charge in [0.05, 0.1) is 0 Å². The standard InChI is InChI=1S/C20H35N/c1-4-6-7-8-9-10-11-12-17-20(21-5-2)19-16-14-13-15-18(19)3/h13-16,20-21H,4-12,17H2,1-3H3. The van der Waals surface area contributed by atoms with Gasteiger partial charge in [-0.15, -0.1) is 0 Å². The quantitative estimate of drug-likeness (QED) is 0.453. The molecule has 0 heterocycles. The van der Waals surface area contributed by atoms with Crippen molar-refractivity contribution in [2.75, 3.05) is 6.54 Å². The van der Waals surface area contributed by atoms with Gasteiger partial charge in [0.1, 0.15) is 0 Å². The summed E-state index contributed by atoms with van der Waals surface area (Å²) in [6.45, 7) is 7.77. The minimum Gasteiger partial charge on any atom is -0.310 e. The molecule has 0 saturated carbocycles. The Morgan fingerprint density at radius 3 is 2.10 bits per heavy atom. The molecule has 0 fully saturated rings. The van der Waals surface area contributed by atoms with E-state index in [4.69, 9.17) is 0 Å². The number of nitrogens with one attached hydrogen (secondary N) is 1. The zero-order chi connectivity index (χ0) is 15.3. The maximum atomic E-state index is 3.66. The predicted octanol–water partition coefficient (Wildman–Crippen LogP) is 6.18. The maximum absolute atomic E-state index is 3.66. The smallest absolute Gasteiger partial charge is 0.0322 e. The van der Waals surface area contributed by atoms with Gasteiger partial charge in [0.15, 0.2) is 0 Å². The molecule has 1 unspecified atom stereocenters. The molecule has 0 bridgehead atoms. The van der Waals surface area contributed by atoms with Gasteiger partial charge >= 0.3 is 0 Å². The Balaban J connectivity index is 2.25. The molecule has 0 spiro atoms. The Morgan fingerprint density at radius 2 is 1.48 bits per heavy atom. The van der Waals surface area contributed by atoms with Crippen LogP contribution in [0.2, 0.25) is 0 Å². The highest BCUT2D eigenvalue weighted by atomic mass is 14.9. The third-order valence-corrected chi connectivity index (χ3v) is 4.36. The number of hydrogen-bond acceptors (Lipinski definition) is 1. The summed E-state index contributed by atoms with van der Waals surface area (Å²) in [5.41, 5.74) is 2.91. The van der Waals surface area contributed by atoms with E-state index in [0.717, 1.165) is 6.54 Å². The van der Waals surface area contributed by atoms with Crippen LogP contribution in [-0.4, -0.2) is 6.54 Å². The summed E-state index contributed by atoms with van der Waals surface area (Å²) in [4.78, 5) is 0. The molecular formula is C20H35N. The minimum atomic E-state index is 0.538. The van der Waals surface area contributed by atoms with Gasteiger partial charge in [0.25, 0.3) is 0 Å². The largest absolute Gasteiger partial charge is 0.310 e. The van der Waals surface area contributed by atoms with Gasteiger partial charge in [-0.2, -0.15) is 0 Å². The molecule has 1 aromatic rings. The summed E-state index contributed by atoms with van der Waals surface area (Å²) in [6, 6.07) is 9.36. The van der Waals surface area contributed by atoms with Gasteiger partial charge in [0, 0.05) is 6.04 Å². The highest BCUT2D eigenvalue weighted by molar-refractivity contribution is 5.28. The summed E-state index contributed by atoms with van der Waals surface area (Å²) >= 11 is 0. The highest BCUT2D eigenvalue weighted by Crippen LogP contribution is 2.23. The lowest BCUT2D eigenvalue weighted by molar-refractivity contribution is 0.473. The molecule has 0 radical (unpaired) electrons. The van der Waals surface area contributed by atoms with Gasteiger partial charge in [-0.3, -0.25) is 0 Å². The van der Waals surface area contributed by atoms with Crippen LogP contribution in [0.4, 0.5) is 0 Å². The van der Waals surface area contributed by atoms with Gasteiger partial charge in [-0.05, 0) is 31.0 Å². The van der Waals surface area contributed by atoms with Crippen LogP contribution in [-0.2, 0) is 0 Å². The molecular weight excluding hydrogens is 254 g/mol. The van der Waals surface area contributed by atoms with Crippen LogP contribution >= 0.6 is 0 Å². The monoisotopic (exact) mass is 289 g/mol. The minimum absolute atomic E-state index is 0.538. The maximum Gasteiger partial charge on any atom is 0.0322 e. The highest BCUT2D eigenvalue weighted by Gasteiger charge is 2.11. The summed E-state index contributed by atoms with van der Waals surface area (Å²) in [5, 5.41) is 3.66. The Kier molecular flexibility index (Phi) is 10.2. The lowest BCUT2D eigenvalue weighted by Gasteiger charge is -2.20. The third kappa shape index (κ3) is 7.66. The average Bonchev–Trinajstić information content (AvgIpc) is 2.49. The summed E-state index contributed by atoms with van der Waals surface area (Å²) in [7, 11) is 0. The van der Waals surface area contributed by atoms with Crippen molar-refractivity contribution < 1.29 is 0 Å². The van der Waals surface area contributed by atoms with Crippen LogP contribution in [0, 0.1) is 6.92 Å². The van der Waals surface area contributed by atoms with Crippen LogP contribution in [0.15, 0.2) is 24.3 Å². The van der Waals surface area contributed by atoms with Crippen molar-refractivity contribution in [1.29, 1.82) is 0 Å². The van der Waals surface area contributed by atoms with E-state index >= 15 is 0 Å². The second kappa shape index (κ2) is 11.8. The first kappa shape index (κ1) is 18.2. The SMILES string of the molecule is CCCCCCCCCCC(NCC)c1ccccc1C. The van der Waals surface area contributed by atoms with E-state index in [2.05, 4.69) is 50.4 Å². The van der Waals surface area contributed by atoms with Crippen molar-refractivity contribution in [2.24, 2.45) is 0 Å². The van der Waals surface area contributed by atoms with Gasteiger partial charge in [0.2, 0.25) is 0 Å². The van der Waals surface area contributed by atoms with Crippen molar-refractivity contribution >= 4 is 0 Å². The van der Waals surface area contributed by atoms with Crippen molar-refractivity contribution in [2.45, 2.75) is 84.6 Å². The number of aryl methyl sites for hydroxylation is 1. The summed E-state index contributed by atoms with van der Waals surface area (Å²) in [5.74, 6) is 0. The van der Waals surface area contributed by atoms with E-state index in [1.165, 1.54) is 68.9 Å². The van der Waals surface area contributed by atoms with Crippen molar-refractivity contribution in [3.63, 3.8) is 0 Å². The van der Waals surface area contributed by atoms with Crippen LogP contribution in [0.25, 0.3) is 0 Å². The topological polar surface area (TPSA) is 12.0 Å². The molecule has 1 heteroatoms. The van der Waals surface area contributed by atoms with E-state index in [1.807, 2.05) is 0 Å². The fraction of sp³-hybridized carbons (Fsp3) is 0.700. The van der Waals surface area contributed by atoms with Crippen LogP contribution in [0.5, 0.6) is 0 Å². The lowest BCUT2D eigenvalue weighted by atomic mass is 9.96. The second-order valence-corrected chi connectivity index (χ2v) is 6.23. The molecule has 0 amide bonds. The lowest BCUT2D eigenvalue weighted by Crippen LogP contribution is -2.21. The summed E-state index contributed by atoms with van der Waals surface area (Å²) in [6.07, 6.45) is 12.5. The van der Waals surface area contributed by atoms with Crippen LogP contribution in [0.1, 0.15) is 88.8 Å². The first-order chi connectivity index (χ1) is 10.3. The molecule has 120 valence electrons. The molecule has 1 N–H and O–H groups in total. The number of unbranched alkanes of at least 4 members (excludes halogenated alkanes) is 7. The van der Waals surface area contributed by atoms with Crippen LogP contribution in [0.3, 0.4) is 0 Å². The first-order valence-corrected chi connectivity index (χ1v) is 9.08. The molecule has 1 nitrogen and oxygen atoms in total. The van der Waals surface area contributed by atoms with Crippen molar-refractivity contribution in [3.8, 4) is 0 Å². The molecule has 0 aromatic heterocycles. The van der Waals surface area contributed by atoms with E-state index in [9.17, 15) is 0 Å². The average molecular weight is 290 g/mol. The van der Waals surface area contributed by atoms with Crippen LogP contribution < -0.4 is 5.32 Å². The normalized spacial score (nSPS) is 12.5. The zero-order valence-corrected chi connectivity index (χ0v) is 14.5. The van der Waals surface area contributed by atoms with Gasteiger partial charge in [-0.1, -0.05) is 89.5 Å². The van der Waals surface area contributed by atoms with E-state index in [1.54, 1.807) is 0 Å². The Labute approximate surface area is 132 Å². The predicted molar refractivity (Wildman–Crippen MR) is 94.8 cm³/mol. The van der Waals surface area contributed by atoms with Crippen molar-refractivity contribution in [3.05, 3.63) is 35.4 Å². The Bertz CT molecular complexity index is 359. The van der Waals surface area contributed by atoms with E-state index < -0.39 is 0 Å². The summed E-state index contributed by atoms with van der Waals surface area (Å²) < 4.78 is 0. The number of rotatable bonds is 12. The van der Waals surface area contributed by atoms with Gasteiger partial charge in [-0.25, -0.2) is 0 Å².